The molecule has 1 atom stereocenters. The molecule has 2 N–H and O–H groups in total. The highest BCUT2D eigenvalue weighted by molar-refractivity contribution is 7.80. The summed E-state index contributed by atoms with van der Waals surface area (Å²) in [6.07, 6.45) is 0.502. The van der Waals surface area contributed by atoms with E-state index in [-0.39, 0.29) is 5.92 Å². The molecule has 0 saturated heterocycles. The lowest BCUT2D eigenvalue weighted by Crippen LogP contribution is -2.47. The highest BCUT2D eigenvalue weighted by Crippen LogP contribution is 2.20. The van der Waals surface area contributed by atoms with Crippen molar-refractivity contribution in [2.24, 2.45) is 5.92 Å². The third-order valence-electron chi connectivity index (χ3n) is 4.47. The molecule has 5 nitrogen and oxygen atoms in total. The van der Waals surface area contributed by atoms with Crippen LogP contribution < -0.4 is 10.1 Å². The van der Waals surface area contributed by atoms with Gasteiger partial charge in [0.25, 0.3) is 0 Å². The maximum atomic E-state index is 12.1. The summed E-state index contributed by atoms with van der Waals surface area (Å²) in [7, 11) is 0. The molecular formula is C23H30N2O3S. The third kappa shape index (κ3) is 7.06. The second-order valence-corrected chi connectivity index (χ2v) is 7.87. The lowest BCUT2D eigenvalue weighted by atomic mass is 10.0. The van der Waals surface area contributed by atoms with E-state index < -0.39 is 12.0 Å². The van der Waals surface area contributed by atoms with E-state index in [1.54, 1.807) is 4.90 Å². The Labute approximate surface area is 178 Å². The number of nitrogens with zero attached hydrogens (tertiary/aromatic N) is 1. The summed E-state index contributed by atoms with van der Waals surface area (Å²) in [5.41, 5.74) is 2.92. The first-order valence-corrected chi connectivity index (χ1v) is 10.3. The minimum absolute atomic E-state index is 0.223. The number of carboxylic acid groups (broad SMARTS) is 1. The van der Waals surface area contributed by atoms with E-state index in [1.807, 2.05) is 76.2 Å². The molecule has 1 unspecified atom stereocenters. The highest BCUT2D eigenvalue weighted by atomic mass is 32.1. The quantitative estimate of drug-likeness (QED) is 0.557. The summed E-state index contributed by atoms with van der Waals surface area (Å²) in [6, 6.07) is 14.8. The van der Waals surface area contributed by atoms with Gasteiger partial charge in [0, 0.05) is 12.2 Å². The van der Waals surface area contributed by atoms with Crippen LogP contribution in [0.2, 0.25) is 0 Å². The largest absolute Gasteiger partial charge is 0.494 e. The first-order valence-electron chi connectivity index (χ1n) is 9.89. The number of carboxylic acids is 1. The van der Waals surface area contributed by atoms with Gasteiger partial charge >= 0.3 is 5.97 Å². The van der Waals surface area contributed by atoms with Crippen molar-refractivity contribution in [2.45, 2.75) is 46.7 Å². The molecule has 0 saturated carbocycles. The fourth-order valence-electron chi connectivity index (χ4n) is 3.10. The summed E-state index contributed by atoms with van der Waals surface area (Å²) < 4.78 is 5.50. The topological polar surface area (TPSA) is 61.8 Å². The zero-order valence-electron chi connectivity index (χ0n) is 17.5. The first-order chi connectivity index (χ1) is 13.8. The number of ether oxygens (including phenoxy) is 1. The predicted octanol–water partition coefficient (Wildman–Crippen LogP) is 5.09. The molecule has 0 heterocycles. The van der Waals surface area contributed by atoms with Crippen molar-refractivity contribution in [3.8, 4) is 5.75 Å². The molecule has 0 spiro atoms. The van der Waals surface area contributed by atoms with Crippen LogP contribution in [0, 0.1) is 12.8 Å². The minimum atomic E-state index is -0.877. The minimum Gasteiger partial charge on any atom is -0.494 e. The predicted molar refractivity (Wildman–Crippen MR) is 121 cm³/mol. The van der Waals surface area contributed by atoms with Crippen LogP contribution in [-0.2, 0) is 11.3 Å². The maximum Gasteiger partial charge on any atom is 0.326 e. The summed E-state index contributed by atoms with van der Waals surface area (Å²) in [5.74, 6) is 0.138. The molecule has 0 aliphatic carbocycles. The van der Waals surface area contributed by atoms with Crippen LogP contribution in [0.15, 0.2) is 48.5 Å². The van der Waals surface area contributed by atoms with Crippen molar-refractivity contribution in [1.29, 1.82) is 0 Å². The number of thiocarbonyl (C=S) groups is 1. The van der Waals surface area contributed by atoms with Gasteiger partial charge in [0.15, 0.2) is 5.11 Å². The Kier molecular flexibility index (Phi) is 8.46. The first kappa shape index (κ1) is 22.7. The van der Waals surface area contributed by atoms with Crippen LogP contribution in [0.3, 0.4) is 0 Å². The number of benzene rings is 2. The highest BCUT2D eigenvalue weighted by Gasteiger charge is 2.28. The second kappa shape index (κ2) is 10.8. The number of aliphatic carboxylic acids is 1. The van der Waals surface area contributed by atoms with E-state index in [4.69, 9.17) is 17.0 Å². The number of aryl methyl sites for hydroxylation is 1. The molecule has 0 aromatic heterocycles. The monoisotopic (exact) mass is 414 g/mol. The molecule has 0 fully saturated rings. The zero-order chi connectivity index (χ0) is 21.4. The van der Waals surface area contributed by atoms with E-state index in [0.717, 1.165) is 22.6 Å². The van der Waals surface area contributed by atoms with Crippen molar-refractivity contribution in [2.75, 3.05) is 11.9 Å². The lowest BCUT2D eigenvalue weighted by Gasteiger charge is -2.32. The molecule has 0 bridgehead atoms. The van der Waals surface area contributed by atoms with Gasteiger partial charge in [0.05, 0.1) is 6.61 Å². The molecule has 0 aliphatic rings. The van der Waals surface area contributed by atoms with Crippen molar-refractivity contribution < 1.29 is 14.6 Å². The number of anilines is 1. The normalized spacial score (nSPS) is 11.8. The molecule has 2 aromatic carbocycles. The third-order valence-corrected chi connectivity index (χ3v) is 4.81. The Bertz CT molecular complexity index is 821. The van der Waals surface area contributed by atoms with E-state index >= 15 is 0 Å². The lowest BCUT2D eigenvalue weighted by molar-refractivity contribution is -0.142. The van der Waals surface area contributed by atoms with Crippen molar-refractivity contribution >= 4 is 29.0 Å². The van der Waals surface area contributed by atoms with Crippen LogP contribution in [0.4, 0.5) is 5.69 Å². The van der Waals surface area contributed by atoms with E-state index in [1.165, 1.54) is 0 Å². The molecule has 0 aliphatic heterocycles. The van der Waals surface area contributed by atoms with Gasteiger partial charge in [-0.25, -0.2) is 4.79 Å². The molecule has 0 amide bonds. The van der Waals surface area contributed by atoms with Crippen molar-refractivity contribution in [3.05, 3.63) is 59.7 Å². The number of rotatable bonds is 9. The molecular weight excluding hydrogens is 384 g/mol. The Hall–Kier alpha value is -2.60. The van der Waals surface area contributed by atoms with E-state index in [0.29, 0.717) is 24.7 Å². The smallest absolute Gasteiger partial charge is 0.326 e. The summed E-state index contributed by atoms with van der Waals surface area (Å²) >= 11 is 5.64. The van der Waals surface area contributed by atoms with Gasteiger partial charge in [-0.2, -0.15) is 0 Å². The number of hydrogen-bond donors (Lipinski definition) is 2. The van der Waals surface area contributed by atoms with E-state index in [2.05, 4.69) is 5.32 Å². The van der Waals surface area contributed by atoms with Gasteiger partial charge in [-0.1, -0.05) is 38.1 Å². The maximum absolute atomic E-state index is 12.1. The fraction of sp³-hybridized carbons (Fsp3) is 0.391. The fourth-order valence-corrected chi connectivity index (χ4v) is 3.41. The molecule has 156 valence electrons. The van der Waals surface area contributed by atoms with Gasteiger partial charge in [-0.15, -0.1) is 0 Å². The SMILES string of the molecule is CCOc1ccc(CN(C(=S)Nc2cccc(C)c2)C(CC(C)C)C(=O)O)cc1. The van der Waals surface area contributed by atoms with Gasteiger partial charge in [0.1, 0.15) is 11.8 Å². The second-order valence-electron chi connectivity index (χ2n) is 7.49. The molecule has 2 aromatic rings. The number of nitrogens with one attached hydrogen (secondary N) is 1. The van der Waals surface area contributed by atoms with Gasteiger partial charge in [-0.3, -0.25) is 0 Å². The van der Waals surface area contributed by atoms with Crippen LogP contribution in [0.5, 0.6) is 5.75 Å². The average Bonchev–Trinajstić information content (AvgIpc) is 2.65. The van der Waals surface area contributed by atoms with Gasteiger partial charge in [0.2, 0.25) is 0 Å². The summed E-state index contributed by atoms with van der Waals surface area (Å²) in [6.45, 7) is 8.97. The summed E-state index contributed by atoms with van der Waals surface area (Å²) in [5, 5.41) is 13.5. The Balaban J connectivity index is 2.28. The standard InChI is InChI=1S/C23H30N2O3S/c1-5-28-20-11-9-18(10-12-20)15-25(21(22(26)27)13-16(2)3)23(29)24-19-8-6-7-17(4)14-19/h6-12,14,16,21H,5,13,15H2,1-4H3,(H,24,29)(H,26,27). The molecule has 2 rings (SSSR count). The average molecular weight is 415 g/mol. The molecule has 6 heteroatoms. The van der Waals surface area contributed by atoms with Crippen molar-refractivity contribution in [3.63, 3.8) is 0 Å². The van der Waals surface area contributed by atoms with Crippen LogP contribution in [-0.4, -0.2) is 33.7 Å². The number of carbonyl (C=O) groups is 1. The van der Waals surface area contributed by atoms with Crippen LogP contribution >= 0.6 is 12.2 Å². The molecule has 0 radical (unpaired) electrons. The van der Waals surface area contributed by atoms with Gasteiger partial charge in [-0.05, 0) is 73.8 Å². The Morgan fingerprint density at radius 1 is 1.21 bits per heavy atom. The Morgan fingerprint density at radius 2 is 1.90 bits per heavy atom. The van der Waals surface area contributed by atoms with Crippen LogP contribution in [0.1, 0.15) is 38.3 Å². The van der Waals surface area contributed by atoms with Crippen LogP contribution in [0.25, 0.3) is 0 Å². The summed E-state index contributed by atoms with van der Waals surface area (Å²) in [4.78, 5) is 13.8. The van der Waals surface area contributed by atoms with Gasteiger partial charge < -0.3 is 20.1 Å². The molecule has 29 heavy (non-hydrogen) atoms. The zero-order valence-corrected chi connectivity index (χ0v) is 18.3. The van der Waals surface area contributed by atoms with E-state index in [9.17, 15) is 9.90 Å². The van der Waals surface area contributed by atoms with Crippen molar-refractivity contribution in [1.82, 2.24) is 4.90 Å². The number of hydrogen-bond acceptors (Lipinski definition) is 3. The Morgan fingerprint density at radius 3 is 2.45 bits per heavy atom.